The number of nitrogens with two attached hydrogens (primary N) is 1. The minimum atomic E-state index is 0.234. The Bertz CT molecular complexity index is 707. The van der Waals surface area contributed by atoms with Crippen molar-refractivity contribution in [2.75, 3.05) is 11.1 Å². The molecular formula is C16H15N5O. The monoisotopic (exact) mass is 293 g/mol. The van der Waals surface area contributed by atoms with Crippen LogP contribution in [0.2, 0.25) is 0 Å². The van der Waals surface area contributed by atoms with Gasteiger partial charge in [0.15, 0.2) is 0 Å². The lowest BCUT2D eigenvalue weighted by Gasteiger charge is -2.08. The lowest BCUT2D eigenvalue weighted by molar-refractivity contribution is 0.481. The van der Waals surface area contributed by atoms with Crippen molar-refractivity contribution in [3.05, 3.63) is 60.6 Å². The standard InChI is InChI=1S/C16H15N5O/c1-11-10-14(6-8-18-11)22-13-4-2-12(3-5-13)20-15-7-9-19-16(17)21-15/h2-10H,1H3,(H3,17,19,20,21). The first-order valence-corrected chi connectivity index (χ1v) is 6.75. The van der Waals surface area contributed by atoms with Gasteiger partial charge in [0.05, 0.1) is 0 Å². The summed E-state index contributed by atoms with van der Waals surface area (Å²) in [6.45, 7) is 1.92. The van der Waals surface area contributed by atoms with E-state index in [1.165, 1.54) is 0 Å². The van der Waals surface area contributed by atoms with Crippen molar-refractivity contribution in [1.82, 2.24) is 15.0 Å². The Kier molecular flexibility index (Phi) is 3.82. The fourth-order valence-electron chi connectivity index (χ4n) is 1.92. The molecular weight excluding hydrogens is 278 g/mol. The molecule has 2 aromatic heterocycles. The molecule has 3 rings (SSSR count). The normalized spacial score (nSPS) is 10.2. The van der Waals surface area contributed by atoms with Gasteiger partial charge in [0.25, 0.3) is 0 Å². The predicted molar refractivity (Wildman–Crippen MR) is 85.2 cm³/mol. The van der Waals surface area contributed by atoms with Crippen LogP contribution in [-0.2, 0) is 0 Å². The summed E-state index contributed by atoms with van der Waals surface area (Å²) in [5, 5.41) is 3.15. The second-order valence-corrected chi connectivity index (χ2v) is 4.68. The highest BCUT2D eigenvalue weighted by Gasteiger charge is 2.00. The molecule has 0 amide bonds. The molecule has 0 unspecified atom stereocenters. The van der Waals surface area contributed by atoms with Crippen molar-refractivity contribution in [3.8, 4) is 11.5 Å². The number of nitrogens with zero attached hydrogens (tertiary/aromatic N) is 3. The first-order chi connectivity index (χ1) is 10.7. The van der Waals surface area contributed by atoms with Crippen LogP contribution in [0.3, 0.4) is 0 Å². The van der Waals surface area contributed by atoms with Gasteiger partial charge >= 0.3 is 0 Å². The summed E-state index contributed by atoms with van der Waals surface area (Å²) >= 11 is 0. The summed E-state index contributed by atoms with van der Waals surface area (Å²) in [4.78, 5) is 12.1. The molecule has 0 aliphatic heterocycles. The molecule has 0 bridgehead atoms. The SMILES string of the molecule is Cc1cc(Oc2ccc(Nc3ccnc(N)n3)cc2)ccn1. The minimum Gasteiger partial charge on any atom is -0.457 e. The Balaban J connectivity index is 1.70. The number of pyridine rings is 1. The maximum absolute atomic E-state index is 5.77. The van der Waals surface area contributed by atoms with E-state index in [1.54, 1.807) is 18.5 Å². The number of nitrogen functional groups attached to an aromatic ring is 1. The smallest absolute Gasteiger partial charge is 0.221 e. The van der Waals surface area contributed by atoms with E-state index in [2.05, 4.69) is 20.3 Å². The van der Waals surface area contributed by atoms with Gasteiger partial charge in [0.1, 0.15) is 17.3 Å². The third kappa shape index (κ3) is 3.49. The highest BCUT2D eigenvalue weighted by atomic mass is 16.5. The molecule has 0 fully saturated rings. The van der Waals surface area contributed by atoms with E-state index in [1.807, 2.05) is 43.3 Å². The number of rotatable bonds is 4. The summed E-state index contributed by atoms with van der Waals surface area (Å²) in [5.41, 5.74) is 7.35. The van der Waals surface area contributed by atoms with Crippen LogP contribution in [-0.4, -0.2) is 15.0 Å². The highest BCUT2D eigenvalue weighted by Crippen LogP contribution is 2.24. The Labute approximate surface area is 128 Å². The van der Waals surface area contributed by atoms with Crippen LogP contribution in [0.5, 0.6) is 11.5 Å². The first-order valence-electron chi connectivity index (χ1n) is 6.75. The van der Waals surface area contributed by atoms with Gasteiger partial charge in [0, 0.05) is 29.8 Å². The summed E-state index contributed by atoms with van der Waals surface area (Å²) in [5.74, 6) is 2.39. The van der Waals surface area contributed by atoms with Crippen molar-refractivity contribution in [2.45, 2.75) is 6.92 Å². The molecule has 0 aliphatic carbocycles. The van der Waals surface area contributed by atoms with Gasteiger partial charge in [-0.15, -0.1) is 0 Å². The quantitative estimate of drug-likeness (QED) is 0.767. The van der Waals surface area contributed by atoms with E-state index in [-0.39, 0.29) is 5.95 Å². The van der Waals surface area contributed by atoms with E-state index >= 15 is 0 Å². The molecule has 22 heavy (non-hydrogen) atoms. The fourth-order valence-corrected chi connectivity index (χ4v) is 1.92. The molecule has 0 radical (unpaired) electrons. The Morgan fingerprint density at radius 1 is 0.955 bits per heavy atom. The van der Waals surface area contributed by atoms with Crippen LogP contribution >= 0.6 is 0 Å². The zero-order valence-corrected chi connectivity index (χ0v) is 12.0. The van der Waals surface area contributed by atoms with Crippen molar-refractivity contribution in [2.24, 2.45) is 0 Å². The average molecular weight is 293 g/mol. The number of anilines is 3. The van der Waals surface area contributed by atoms with Crippen LogP contribution in [0.25, 0.3) is 0 Å². The molecule has 3 N–H and O–H groups in total. The average Bonchev–Trinajstić information content (AvgIpc) is 2.49. The maximum Gasteiger partial charge on any atom is 0.221 e. The van der Waals surface area contributed by atoms with Crippen LogP contribution in [0, 0.1) is 6.92 Å². The highest BCUT2D eigenvalue weighted by molar-refractivity contribution is 5.57. The summed E-state index contributed by atoms with van der Waals surface area (Å²) < 4.78 is 5.77. The van der Waals surface area contributed by atoms with Crippen molar-refractivity contribution in [1.29, 1.82) is 0 Å². The summed E-state index contributed by atoms with van der Waals surface area (Å²) in [7, 11) is 0. The van der Waals surface area contributed by atoms with Gasteiger partial charge in [-0.1, -0.05) is 0 Å². The lowest BCUT2D eigenvalue weighted by Crippen LogP contribution is -1.98. The molecule has 0 atom stereocenters. The Hall–Kier alpha value is -3.15. The van der Waals surface area contributed by atoms with Gasteiger partial charge in [-0.3, -0.25) is 4.98 Å². The van der Waals surface area contributed by atoms with Crippen LogP contribution < -0.4 is 15.8 Å². The lowest BCUT2D eigenvalue weighted by atomic mass is 10.3. The van der Waals surface area contributed by atoms with Gasteiger partial charge in [-0.2, -0.15) is 4.98 Å². The molecule has 0 spiro atoms. The molecule has 1 aromatic carbocycles. The third-order valence-corrected chi connectivity index (χ3v) is 2.90. The predicted octanol–water partition coefficient (Wildman–Crippen LogP) is 3.30. The largest absolute Gasteiger partial charge is 0.457 e. The number of aryl methyl sites for hydroxylation is 1. The zero-order valence-electron chi connectivity index (χ0n) is 12.0. The van der Waals surface area contributed by atoms with Gasteiger partial charge in [-0.25, -0.2) is 4.98 Å². The summed E-state index contributed by atoms with van der Waals surface area (Å²) in [6.07, 6.45) is 3.33. The van der Waals surface area contributed by atoms with Crippen LogP contribution in [0.4, 0.5) is 17.5 Å². The second-order valence-electron chi connectivity index (χ2n) is 4.68. The first kappa shape index (κ1) is 13.8. The van der Waals surface area contributed by atoms with Gasteiger partial charge < -0.3 is 15.8 Å². The molecule has 0 saturated carbocycles. The Morgan fingerprint density at radius 2 is 1.73 bits per heavy atom. The molecule has 110 valence electrons. The molecule has 6 heteroatoms. The number of benzene rings is 1. The number of nitrogens with one attached hydrogen (secondary N) is 1. The molecule has 6 nitrogen and oxygen atoms in total. The van der Waals surface area contributed by atoms with Gasteiger partial charge in [0.2, 0.25) is 5.95 Å². The number of hydrogen-bond donors (Lipinski definition) is 2. The van der Waals surface area contributed by atoms with Crippen molar-refractivity contribution in [3.63, 3.8) is 0 Å². The topological polar surface area (TPSA) is 86.0 Å². The van der Waals surface area contributed by atoms with Crippen LogP contribution in [0.1, 0.15) is 5.69 Å². The van der Waals surface area contributed by atoms with Gasteiger partial charge in [-0.05, 0) is 43.3 Å². The van der Waals surface area contributed by atoms with E-state index in [4.69, 9.17) is 10.5 Å². The van der Waals surface area contributed by atoms with E-state index in [9.17, 15) is 0 Å². The zero-order chi connectivity index (χ0) is 15.4. The number of aromatic nitrogens is 3. The summed E-state index contributed by atoms with van der Waals surface area (Å²) in [6, 6.07) is 13.0. The third-order valence-electron chi connectivity index (χ3n) is 2.90. The van der Waals surface area contributed by atoms with Crippen LogP contribution in [0.15, 0.2) is 54.9 Å². The van der Waals surface area contributed by atoms with E-state index < -0.39 is 0 Å². The molecule has 3 aromatic rings. The molecule has 2 heterocycles. The Morgan fingerprint density at radius 3 is 2.45 bits per heavy atom. The van der Waals surface area contributed by atoms with Crippen molar-refractivity contribution >= 4 is 17.5 Å². The molecule has 0 aliphatic rings. The minimum absolute atomic E-state index is 0.234. The van der Waals surface area contributed by atoms with E-state index in [0.29, 0.717) is 5.82 Å². The maximum atomic E-state index is 5.77. The second kappa shape index (κ2) is 6.09. The molecule has 0 saturated heterocycles. The fraction of sp³-hybridized carbons (Fsp3) is 0.0625. The number of ether oxygens (including phenoxy) is 1. The van der Waals surface area contributed by atoms with E-state index in [0.717, 1.165) is 22.9 Å². The number of hydrogen-bond acceptors (Lipinski definition) is 6. The van der Waals surface area contributed by atoms with Crippen molar-refractivity contribution < 1.29 is 4.74 Å².